The lowest BCUT2D eigenvalue weighted by atomic mass is 9.76. The number of fused-ring (bicyclic) bond motifs is 1. The Balaban J connectivity index is 1.53. The van der Waals surface area contributed by atoms with Crippen LogP contribution in [0.5, 0.6) is 5.75 Å². The summed E-state index contributed by atoms with van der Waals surface area (Å²) in [6.45, 7) is 5.92. The molecule has 2 aromatic rings. The van der Waals surface area contributed by atoms with E-state index < -0.39 is 5.97 Å². The van der Waals surface area contributed by atoms with Crippen LogP contribution in [-0.4, -0.2) is 17.8 Å². The fourth-order valence-electron chi connectivity index (χ4n) is 4.50. The summed E-state index contributed by atoms with van der Waals surface area (Å²) < 4.78 is 5.57. The monoisotopic (exact) mass is 391 g/mol. The maximum Gasteiger partial charge on any atom is 0.343 e. The van der Waals surface area contributed by atoms with Crippen molar-refractivity contribution in [2.75, 3.05) is 4.90 Å². The lowest BCUT2D eigenvalue weighted by Crippen LogP contribution is -2.30. The Morgan fingerprint density at radius 3 is 2.21 bits per heavy atom. The second-order valence-corrected chi connectivity index (χ2v) is 8.30. The highest BCUT2D eigenvalue weighted by Gasteiger charge is 2.49. The molecule has 0 radical (unpaired) electrons. The molecule has 0 bridgehead atoms. The van der Waals surface area contributed by atoms with Crippen LogP contribution in [-0.2, 0) is 9.59 Å². The van der Waals surface area contributed by atoms with Gasteiger partial charge in [-0.15, -0.1) is 0 Å². The van der Waals surface area contributed by atoms with E-state index >= 15 is 0 Å². The number of anilines is 1. The van der Waals surface area contributed by atoms with Crippen molar-refractivity contribution in [1.29, 1.82) is 0 Å². The van der Waals surface area contributed by atoms with E-state index in [0.29, 0.717) is 22.9 Å². The number of imide groups is 1. The highest BCUT2D eigenvalue weighted by molar-refractivity contribution is 6.22. The van der Waals surface area contributed by atoms with Gasteiger partial charge in [0.25, 0.3) is 0 Å². The van der Waals surface area contributed by atoms with Crippen LogP contribution in [0.1, 0.15) is 47.7 Å². The van der Waals surface area contributed by atoms with Gasteiger partial charge in [0.2, 0.25) is 11.8 Å². The number of carbonyl (C=O) groups excluding carboxylic acids is 3. The van der Waals surface area contributed by atoms with Crippen LogP contribution in [0.15, 0.2) is 42.5 Å². The van der Waals surface area contributed by atoms with Gasteiger partial charge in [-0.2, -0.15) is 0 Å². The summed E-state index contributed by atoms with van der Waals surface area (Å²) in [5.74, 6) is -0.0716. The summed E-state index contributed by atoms with van der Waals surface area (Å²) in [4.78, 5) is 39.5. The lowest BCUT2D eigenvalue weighted by molar-refractivity contribution is -0.122. The number of aryl methyl sites for hydroxylation is 2. The summed E-state index contributed by atoms with van der Waals surface area (Å²) in [5, 5.41) is 0. The van der Waals surface area contributed by atoms with Crippen LogP contribution in [0.25, 0.3) is 0 Å². The second kappa shape index (κ2) is 7.47. The first-order valence-corrected chi connectivity index (χ1v) is 10.1. The zero-order chi connectivity index (χ0) is 20.7. The van der Waals surface area contributed by atoms with Crippen molar-refractivity contribution in [3.8, 4) is 5.75 Å². The summed E-state index contributed by atoms with van der Waals surface area (Å²) >= 11 is 0. The van der Waals surface area contributed by atoms with E-state index in [-0.39, 0.29) is 23.7 Å². The van der Waals surface area contributed by atoms with Crippen molar-refractivity contribution in [3.05, 3.63) is 59.2 Å². The SMILES string of the molecule is Cc1cccc(C)c1OC(=O)c1ccc(N2C(=O)C3CCC(C)CC3C2=O)cc1. The number of benzene rings is 2. The van der Waals surface area contributed by atoms with E-state index in [4.69, 9.17) is 4.74 Å². The van der Waals surface area contributed by atoms with Crippen LogP contribution in [0.4, 0.5) is 5.69 Å². The van der Waals surface area contributed by atoms with Crippen molar-refractivity contribution in [2.45, 2.75) is 40.0 Å². The van der Waals surface area contributed by atoms with E-state index in [1.807, 2.05) is 32.0 Å². The van der Waals surface area contributed by atoms with E-state index in [1.165, 1.54) is 4.90 Å². The molecule has 0 N–H and O–H groups in total. The summed E-state index contributed by atoms with van der Waals surface area (Å²) in [6, 6.07) is 12.2. The van der Waals surface area contributed by atoms with Gasteiger partial charge in [-0.05, 0) is 74.4 Å². The van der Waals surface area contributed by atoms with E-state index in [2.05, 4.69) is 6.92 Å². The van der Waals surface area contributed by atoms with Gasteiger partial charge in [0.15, 0.2) is 0 Å². The standard InChI is InChI=1S/C24H25NO4/c1-14-7-12-19-20(13-14)23(27)25(22(19)26)18-10-8-17(9-11-18)24(28)29-21-15(2)5-4-6-16(21)3/h4-6,8-11,14,19-20H,7,12-13H2,1-3H3. The Bertz CT molecular complexity index is 959. The molecule has 0 aromatic heterocycles. The number of hydrogen-bond acceptors (Lipinski definition) is 4. The van der Waals surface area contributed by atoms with Crippen molar-refractivity contribution in [3.63, 3.8) is 0 Å². The first-order chi connectivity index (χ1) is 13.9. The molecular weight excluding hydrogens is 366 g/mol. The number of para-hydroxylation sites is 1. The summed E-state index contributed by atoms with van der Waals surface area (Å²) in [7, 11) is 0. The molecule has 1 aliphatic heterocycles. The van der Waals surface area contributed by atoms with E-state index in [9.17, 15) is 14.4 Å². The largest absolute Gasteiger partial charge is 0.422 e. The third-order valence-corrected chi connectivity index (χ3v) is 6.15. The highest BCUT2D eigenvalue weighted by Crippen LogP contribution is 2.42. The fraction of sp³-hybridized carbons (Fsp3) is 0.375. The smallest absolute Gasteiger partial charge is 0.343 e. The van der Waals surface area contributed by atoms with Gasteiger partial charge in [0.05, 0.1) is 23.1 Å². The van der Waals surface area contributed by atoms with Crippen LogP contribution < -0.4 is 9.64 Å². The predicted octanol–water partition coefficient (Wildman–Crippen LogP) is 4.45. The van der Waals surface area contributed by atoms with Gasteiger partial charge in [0.1, 0.15) is 5.75 Å². The van der Waals surface area contributed by atoms with Crippen LogP contribution in [0, 0.1) is 31.6 Å². The second-order valence-electron chi connectivity index (χ2n) is 8.30. The topological polar surface area (TPSA) is 63.7 Å². The highest BCUT2D eigenvalue weighted by atomic mass is 16.5. The molecule has 1 saturated carbocycles. The molecular formula is C24H25NO4. The first-order valence-electron chi connectivity index (χ1n) is 10.1. The number of esters is 1. The Kier molecular flexibility index (Phi) is 4.99. The van der Waals surface area contributed by atoms with Gasteiger partial charge in [0, 0.05) is 0 Å². The molecule has 3 atom stereocenters. The molecule has 1 saturated heterocycles. The minimum atomic E-state index is -0.462. The molecule has 1 aliphatic carbocycles. The van der Waals surface area contributed by atoms with Crippen LogP contribution >= 0.6 is 0 Å². The lowest BCUT2D eigenvalue weighted by Gasteiger charge is -2.25. The Morgan fingerprint density at radius 2 is 1.55 bits per heavy atom. The van der Waals surface area contributed by atoms with E-state index in [1.54, 1.807) is 24.3 Å². The van der Waals surface area contributed by atoms with Crippen molar-refractivity contribution in [2.24, 2.45) is 17.8 Å². The number of rotatable bonds is 3. The molecule has 5 nitrogen and oxygen atoms in total. The number of nitrogens with zero attached hydrogens (tertiary/aromatic N) is 1. The molecule has 4 rings (SSSR count). The molecule has 2 amide bonds. The van der Waals surface area contributed by atoms with Gasteiger partial charge in [-0.3, -0.25) is 14.5 Å². The molecule has 1 heterocycles. The van der Waals surface area contributed by atoms with Crippen LogP contribution in [0.2, 0.25) is 0 Å². The maximum atomic E-state index is 12.8. The quantitative estimate of drug-likeness (QED) is 0.441. The maximum absolute atomic E-state index is 12.8. The number of hydrogen-bond donors (Lipinski definition) is 0. The average molecular weight is 391 g/mol. The van der Waals surface area contributed by atoms with Crippen LogP contribution in [0.3, 0.4) is 0 Å². The number of carbonyl (C=O) groups is 3. The number of amides is 2. The number of ether oxygens (including phenoxy) is 1. The first kappa shape index (κ1) is 19.4. The average Bonchev–Trinajstić information content (AvgIpc) is 2.94. The minimum absolute atomic E-state index is 0.113. The van der Waals surface area contributed by atoms with E-state index in [0.717, 1.165) is 30.4 Å². The summed E-state index contributed by atoms with van der Waals surface area (Å²) in [5.41, 5.74) is 2.67. The third kappa shape index (κ3) is 3.46. The molecule has 3 unspecified atom stereocenters. The molecule has 2 fully saturated rings. The normalized spacial score (nSPS) is 23.8. The van der Waals surface area contributed by atoms with Gasteiger partial charge in [-0.1, -0.05) is 25.1 Å². The molecule has 150 valence electrons. The van der Waals surface area contributed by atoms with Gasteiger partial charge >= 0.3 is 5.97 Å². The Labute approximate surface area is 170 Å². The molecule has 2 aromatic carbocycles. The summed E-state index contributed by atoms with van der Waals surface area (Å²) in [6.07, 6.45) is 2.52. The molecule has 5 heteroatoms. The van der Waals surface area contributed by atoms with Gasteiger partial charge in [-0.25, -0.2) is 4.79 Å². The Morgan fingerprint density at radius 1 is 0.931 bits per heavy atom. The zero-order valence-corrected chi connectivity index (χ0v) is 17.0. The van der Waals surface area contributed by atoms with Crippen molar-refractivity contribution in [1.82, 2.24) is 0 Å². The van der Waals surface area contributed by atoms with Crippen molar-refractivity contribution >= 4 is 23.5 Å². The minimum Gasteiger partial charge on any atom is -0.422 e. The fourth-order valence-corrected chi connectivity index (χ4v) is 4.50. The molecule has 29 heavy (non-hydrogen) atoms. The predicted molar refractivity (Wildman–Crippen MR) is 110 cm³/mol. The molecule has 0 spiro atoms. The zero-order valence-electron chi connectivity index (χ0n) is 17.0. The third-order valence-electron chi connectivity index (χ3n) is 6.15. The van der Waals surface area contributed by atoms with Crippen molar-refractivity contribution < 1.29 is 19.1 Å². The van der Waals surface area contributed by atoms with Gasteiger partial charge < -0.3 is 4.74 Å². The Hall–Kier alpha value is -2.95. The molecule has 2 aliphatic rings.